The van der Waals surface area contributed by atoms with Crippen LogP contribution in [-0.4, -0.2) is 12.5 Å². The first-order valence-corrected chi connectivity index (χ1v) is 4.70. The van der Waals surface area contributed by atoms with Gasteiger partial charge in [-0.3, -0.25) is 4.79 Å². The molecule has 0 heterocycles. The molecule has 90 valence electrons. The molecule has 3 nitrogen and oxygen atoms in total. The van der Waals surface area contributed by atoms with Crippen molar-refractivity contribution in [3.8, 4) is 0 Å². The maximum absolute atomic E-state index is 12.6. The molecule has 1 rings (SSSR count). The first kappa shape index (κ1) is 13.0. The van der Waals surface area contributed by atoms with Crippen LogP contribution in [0.1, 0.15) is 11.1 Å². The van der Waals surface area contributed by atoms with Gasteiger partial charge in [0.05, 0.1) is 5.56 Å². The quantitative estimate of drug-likeness (QED) is 0.810. The summed E-state index contributed by atoms with van der Waals surface area (Å²) in [5.41, 5.74) is -0.790. The largest absolute Gasteiger partial charge is 0.416 e. The molecule has 0 fully saturated rings. The highest BCUT2D eigenvalue weighted by Crippen LogP contribution is 2.31. The van der Waals surface area contributed by atoms with Gasteiger partial charge in [-0.05, 0) is 11.6 Å². The first-order chi connectivity index (χ1) is 7.95. The molecule has 0 aliphatic heterocycles. The fourth-order valence-electron chi connectivity index (χ4n) is 1.27. The van der Waals surface area contributed by atoms with Crippen molar-refractivity contribution >= 4 is 5.91 Å². The van der Waals surface area contributed by atoms with E-state index in [1.807, 2.05) is 0 Å². The topological polar surface area (TPSA) is 33.5 Å². The highest BCUT2D eigenvalue weighted by atomic mass is 19.4. The van der Waals surface area contributed by atoms with Gasteiger partial charge in [-0.25, -0.2) is 6.57 Å². The van der Waals surface area contributed by atoms with Crippen LogP contribution in [0.4, 0.5) is 13.2 Å². The summed E-state index contributed by atoms with van der Waals surface area (Å²) in [7, 11) is 0. The van der Waals surface area contributed by atoms with Crippen LogP contribution in [0.5, 0.6) is 0 Å². The van der Waals surface area contributed by atoms with Crippen LogP contribution >= 0.6 is 0 Å². The Morgan fingerprint density at radius 2 is 2.00 bits per heavy atom. The standard InChI is InChI=1S/C11H9F3N2O/c1-15-7-10(17)16-6-8-4-2-3-5-9(8)11(12,13)14/h2-5H,6-7H2,(H,16,17). The summed E-state index contributed by atoms with van der Waals surface area (Å²) in [6, 6.07) is 5.00. The van der Waals surface area contributed by atoms with Crippen LogP contribution in [0.3, 0.4) is 0 Å². The normalized spacial score (nSPS) is 10.7. The highest BCUT2D eigenvalue weighted by molar-refractivity contribution is 5.79. The lowest BCUT2D eigenvalue weighted by molar-refractivity contribution is -0.138. The summed E-state index contributed by atoms with van der Waals surface area (Å²) in [6.45, 7) is 5.83. The zero-order valence-electron chi connectivity index (χ0n) is 8.71. The van der Waals surface area contributed by atoms with E-state index in [-0.39, 0.29) is 18.7 Å². The van der Waals surface area contributed by atoms with Gasteiger partial charge in [0.1, 0.15) is 0 Å². The number of hydrogen-bond acceptors (Lipinski definition) is 1. The molecule has 0 unspecified atom stereocenters. The Morgan fingerprint density at radius 1 is 1.35 bits per heavy atom. The van der Waals surface area contributed by atoms with Crippen molar-refractivity contribution in [2.75, 3.05) is 6.54 Å². The lowest BCUT2D eigenvalue weighted by Gasteiger charge is -2.12. The Hall–Kier alpha value is -2.03. The minimum atomic E-state index is -4.44. The zero-order valence-corrected chi connectivity index (χ0v) is 8.71. The molecule has 0 radical (unpaired) electrons. The van der Waals surface area contributed by atoms with Gasteiger partial charge in [0.15, 0.2) is 0 Å². The van der Waals surface area contributed by atoms with E-state index >= 15 is 0 Å². The molecule has 1 aromatic carbocycles. The summed E-state index contributed by atoms with van der Waals surface area (Å²) in [6.07, 6.45) is -4.44. The molecule has 0 bridgehead atoms. The molecule has 0 saturated carbocycles. The molecule has 1 N–H and O–H groups in total. The highest BCUT2D eigenvalue weighted by Gasteiger charge is 2.32. The lowest BCUT2D eigenvalue weighted by atomic mass is 10.1. The Labute approximate surface area is 96.1 Å². The number of carbonyl (C=O) groups excluding carboxylic acids is 1. The average molecular weight is 242 g/mol. The van der Waals surface area contributed by atoms with Crippen LogP contribution in [0, 0.1) is 6.57 Å². The maximum atomic E-state index is 12.6. The second kappa shape index (κ2) is 5.34. The molecule has 0 aliphatic rings. The number of carbonyl (C=O) groups is 1. The van der Waals surface area contributed by atoms with Crippen molar-refractivity contribution in [2.24, 2.45) is 0 Å². The Bertz CT molecular complexity index is 449. The van der Waals surface area contributed by atoms with Crippen LogP contribution in [0.15, 0.2) is 24.3 Å². The molecule has 1 aromatic rings. The molecule has 0 atom stereocenters. The molecule has 0 aromatic heterocycles. The first-order valence-electron chi connectivity index (χ1n) is 4.70. The van der Waals surface area contributed by atoms with Gasteiger partial charge in [0.25, 0.3) is 12.5 Å². The lowest BCUT2D eigenvalue weighted by Crippen LogP contribution is -2.25. The van der Waals surface area contributed by atoms with E-state index in [9.17, 15) is 18.0 Å². The van der Waals surface area contributed by atoms with Gasteiger partial charge < -0.3 is 10.2 Å². The van der Waals surface area contributed by atoms with Gasteiger partial charge in [0, 0.05) is 6.54 Å². The zero-order chi connectivity index (χ0) is 12.9. The number of halogens is 3. The smallest absolute Gasteiger partial charge is 0.346 e. The van der Waals surface area contributed by atoms with E-state index in [1.165, 1.54) is 18.2 Å². The van der Waals surface area contributed by atoms with E-state index in [2.05, 4.69) is 10.2 Å². The number of nitrogens with one attached hydrogen (secondary N) is 1. The van der Waals surface area contributed by atoms with Crippen molar-refractivity contribution in [1.82, 2.24) is 5.32 Å². The summed E-state index contributed by atoms with van der Waals surface area (Å²) < 4.78 is 37.7. The summed E-state index contributed by atoms with van der Waals surface area (Å²) in [4.78, 5) is 13.8. The molecule has 17 heavy (non-hydrogen) atoms. The van der Waals surface area contributed by atoms with E-state index < -0.39 is 17.6 Å². The predicted molar refractivity (Wildman–Crippen MR) is 54.8 cm³/mol. The van der Waals surface area contributed by atoms with Crippen LogP contribution in [-0.2, 0) is 17.5 Å². The Balaban J connectivity index is 2.79. The van der Waals surface area contributed by atoms with Gasteiger partial charge in [0.2, 0.25) is 0 Å². The van der Waals surface area contributed by atoms with Crippen LogP contribution in [0.25, 0.3) is 4.85 Å². The van der Waals surface area contributed by atoms with Gasteiger partial charge in [-0.15, -0.1) is 0 Å². The third-order valence-electron chi connectivity index (χ3n) is 2.02. The minimum Gasteiger partial charge on any atom is -0.346 e. The van der Waals surface area contributed by atoms with Crippen molar-refractivity contribution in [3.63, 3.8) is 0 Å². The second-order valence-electron chi connectivity index (χ2n) is 3.25. The number of nitrogens with zero attached hydrogens (tertiary/aromatic N) is 1. The number of alkyl halides is 3. The van der Waals surface area contributed by atoms with Gasteiger partial charge in [-0.1, -0.05) is 18.2 Å². The van der Waals surface area contributed by atoms with Gasteiger partial charge in [-0.2, -0.15) is 13.2 Å². The molecule has 0 aliphatic carbocycles. The minimum absolute atomic E-state index is 0.0154. The molecule has 0 spiro atoms. The van der Waals surface area contributed by atoms with Crippen molar-refractivity contribution in [3.05, 3.63) is 46.8 Å². The van der Waals surface area contributed by atoms with E-state index in [0.717, 1.165) is 6.07 Å². The summed E-state index contributed by atoms with van der Waals surface area (Å²) in [5.74, 6) is -0.586. The number of benzene rings is 1. The maximum Gasteiger partial charge on any atom is 0.416 e. The predicted octanol–water partition coefficient (Wildman–Crippen LogP) is 2.24. The SMILES string of the molecule is [C-]#[N+]CC(=O)NCc1ccccc1C(F)(F)F. The van der Waals surface area contributed by atoms with E-state index in [0.29, 0.717) is 0 Å². The summed E-state index contributed by atoms with van der Waals surface area (Å²) >= 11 is 0. The fourth-order valence-corrected chi connectivity index (χ4v) is 1.27. The Morgan fingerprint density at radius 3 is 2.59 bits per heavy atom. The van der Waals surface area contributed by atoms with Crippen LogP contribution < -0.4 is 5.32 Å². The van der Waals surface area contributed by atoms with Crippen molar-refractivity contribution in [2.45, 2.75) is 12.7 Å². The average Bonchev–Trinajstić information content (AvgIpc) is 2.26. The fraction of sp³-hybridized carbons (Fsp3) is 0.273. The molecular weight excluding hydrogens is 233 g/mol. The van der Waals surface area contributed by atoms with Crippen LogP contribution in [0.2, 0.25) is 0 Å². The second-order valence-corrected chi connectivity index (χ2v) is 3.25. The van der Waals surface area contributed by atoms with Crippen molar-refractivity contribution < 1.29 is 18.0 Å². The van der Waals surface area contributed by atoms with Crippen molar-refractivity contribution in [1.29, 1.82) is 0 Å². The number of amides is 1. The molecule has 1 amide bonds. The van der Waals surface area contributed by atoms with E-state index in [1.54, 1.807) is 0 Å². The molecule has 0 saturated heterocycles. The Kier molecular flexibility index (Phi) is 4.10. The molecular formula is C11H9F3N2O. The third-order valence-corrected chi connectivity index (χ3v) is 2.02. The van der Waals surface area contributed by atoms with Gasteiger partial charge >= 0.3 is 6.18 Å². The monoisotopic (exact) mass is 242 g/mol. The molecule has 6 heteroatoms. The summed E-state index contributed by atoms with van der Waals surface area (Å²) in [5, 5.41) is 2.26. The number of hydrogen-bond donors (Lipinski definition) is 1. The van der Waals surface area contributed by atoms with E-state index in [4.69, 9.17) is 6.57 Å². The number of rotatable bonds is 3. The third kappa shape index (κ3) is 3.79.